The highest BCUT2D eigenvalue weighted by Gasteiger charge is 2.11. The molecule has 3 heteroatoms. The summed E-state index contributed by atoms with van der Waals surface area (Å²) in [6.07, 6.45) is 4.84. The van der Waals surface area contributed by atoms with E-state index in [2.05, 4.69) is 13.8 Å². The van der Waals surface area contributed by atoms with Gasteiger partial charge in [0.25, 0.3) is 0 Å². The van der Waals surface area contributed by atoms with Crippen molar-refractivity contribution in [2.45, 2.75) is 45.4 Å². The summed E-state index contributed by atoms with van der Waals surface area (Å²) in [4.78, 5) is 0. The number of ether oxygens (including phenoxy) is 1. The number of rotatable bonds is 8. The van der Waals surface area contributed by atoms with Crippen molar-refractivity contribution in [3.63, 3.8) is 0 Å². The van der Waals surface area contributed by atoms with Crippen LogP contribution < -0.4 is 4.74 Å². The monoisotopic (exact) mass is 288 g/mol. The molecular formula is C15H22Cl2O. The minimum Gasteiger partial charge on any atom is -0.491 e. The van der Waals surface area contributed by atoms with Crippen molar-refractivity contribution in [1.82, 2.24) is 0 Å². The van der Waals surface area contributed by atoms with Gasteiger partial charge in [-0.2, -0.15) is 0 Å². The maximum atomic E-state index is 6.16. The van der Waals surface area contributed by atoms with E-state index < -0.39 is 0 Å². The largest absolute Gasteiger partial charge is 0.491 e. The van der Waals surface area contributed by atoms with Crippen molar-refractivity contribution >= 4 is 23.2 Å². The summed E-state index contributed by atoms with van der Waals surface area (Å²) in [6, 6.07) is 5.71. The van der Waals surface area contributed by atoms with Crippen molar-refractivity contribution in [3.05, 3.63) is 28.8 Å². The molecule has 0 spiro atoms. The maximum absolute atomic E-state index is 6.16. The second kappa shape index (κ2) is 8.66. The lowest BCUT2D eigenvalue weighted by Gasteiger charge is -2.17. The Bertz CT molecular complexity index is 352. The summed E-state index contributed by atoms with van der Waals surface area (Å²) in [7, 11) is 0. The number of para-hydroxylation sites is 1. The Morgan fingerprint density at radius 2 is 2.06 bits per heavy atom. The van der Waals surface area contributed by atoms with Gasteiger partial charge in [0, 0.05) is 5.56 Å². The Hall–Kier alpha value is -0.400. The lowest BCUT2D eigenvalue weighted by molar-refractivity contribution is 0.232. The van der Waals surface area contributed by atoms with Crippen molar-refractivity contribution in [1.29, 1.82) is 0 Å². The average molecular weight is 289 g/mol. The van der Waals surface area contributed by atoms with Crippen LogP contribution >= 0.6 is 23.2 Å². The summed E-state index contributed by atoms with van der Waals surface area (Å²) in [5.41, 5.74) is 0.967. The van der Waals surface area contributed by atoms with Gasteiger partial charge < -0.3 is 4.74 Å². The fourth-order valence-corrected chi connectivity index (χ4v) is 2.38. The zero-order chi connectivity index (χ0) is 13.4. The number of unbranched alkanes of at least 4 members (excludes halogenated alkanes) is 1. The van der Waals surface area contributed by atoms with Gasteiger partial charge in [0.15, 0.2) is 0 Å². The van der Waals surface area contributed by atoms with Crippen LogP contribution in [0, 0.1) is 5.92 Å². The number of halogens is 2. The van der Waals surface area contributed by atoms with Crippen LogP contribution in [0.1, 0.15) is 45.1 Å². The van der Waals surface area contributed by atoms with Crippen LogP contribution in [0.4, 0.5) is 0 Å². The third-order valence-corrected chi connectivity index (χ3v) is 3.78. The molecule has 0 bridgehead atoms. The highest BCUT2D eigenvalue weighted by molar-refractivity contribution is 6.32. The normalized spacial score (nSPS) is 12.4. The standard InChI is InChI=1S/C15H22Cl2O/c1-3-5-7-12(4-2)11-18-15-13(10-16)8-6-9-14(15)17/h6,8-9,12H,3-5,7,10-11H2,1-2H3. The SMILES string of the molecule is CCCCC(CC)COc1c(Cl)cccc1CCl. The predicted molar refractivity (Wildman–Crippen MR) is 79.8 cm³/mol. The first-order valence-corrected chi connectivity index (χ1v) is 7.60. The van der Waals surface area contributed by atoms with Crippen molar-refractivity contribution < 1.29 is 4.74 Å². The van der Waals surface area contributed by atoms with Gasteiger partial charge in [-0.25, -0.2) is 0 Å². The fraction of sp³-hybridized carbons (Fsp3) is 0.600. The third kappa shape index (κ3) is 4.70. The number of hydrogen-bond donors (Lipinski definition) is 0. The van der Waals surface area contributed by atoms with Gasteiger partial charge in [-0.15, -0.1) is 11.6 Å². The van der Waals surface area contributed by atoms with Crippen LogP contribution in [-0.2, 0) is 5.88 Å². The van der Waals surface area contributed by atoms with Crippen LogP contribution in [0.2, 0.25) is 5.02 Å². The third-order valence-electron chi connectivity index (χ3n) is 3.20. The molecule has 0 saturated heterocycles. The molecule has 1 atom stereocenters. The van der Waals surface area contributed by atoms with Crippen LogP contribution in [0.5, 0.6) is 5.75 Å². The molecule has 1 rings (SSSR count). The molecule has 0 fully saturated rings. The molecule has 0 radical (unpaired) electrons. The van der Waals surface area contributed by atoms with E-state index in [1.165, 1.54) is 19.3 Å². The predicted octanol–water partition coefficient (Wildman–Crippen LogP) is 5.67. The van der Waals surface area contributed by atoms with E-state index in [-0.39, 0.29) is 0 Å². The van der Waals surface area contributed by atoms with Gasteiger partial charge in [-0.3, -0.25) is 0 Å². The minimum atomic E-state index is 0.432. The van der Waals surface area contributed by atoms with Crippen LogP contribution in [-0.4, -0.2) is 6.61 Å². The molecule has 0 amide bonds. The van der Waals surface area contributed by atoms with Crippen LogP contribution in [0.15, 0.2) is 18.2 Å². The molecule has 1 aromatic carbocycles. The molecule has 0 aliphatic heterocycles. The van der Waals surface area contributed by atoms with Gasteiger partial charge in [0.1, 0.15) is 5.75 Å². The second-order valence-corrected chi connectivity index (χ2v) is 5.26. The highest BCUT2D eigenvalue weighted by Crippen LogP contribution is 2.30. The van der Waals surface area contributed by atoms with Crippen molar-refractivity contribution in [3.8, 4) is 5.75 Å². The topological polar surface area (TPSA) is 9.23 Å². The molecule has 1 unspecified atom stereocenters. The lowest BCUT2D eigenvalue weighted by Crippen LogP contribution is -2.12. The first kappa shape index (κ1) is 15.7. The quantitative estimate of drug-likeness (QED) is 0.560. The first-order valence-electron chi connectivity index (χ1n) is 6.69. The number of benzene rings is 1. The highest BCUT2D eigenvalue weighted by atomic mass is 35.5. The van der Waals surface area contributed by atoms with E-state index in [0.29, 0.717) is 16.8 Å². The summed E-state index contributed by atoms with van der Waals surface area (Å²) in [5, 5.41) is 0.651. The Labute approximate surface area is 120 Å². The molecule has 1 aromatic rings. The molecule has 0 saturated carbocycles. The van der Waals surface area contributed by atoms with E-state index in [4.69, 9.17) is 27.9 Å². The van der Waals surface area contributed by atoms with E-state index >= 15 is 0 Å². The molecule has 0 aliphatic carbocycles. The molecule has 0 aromatic heterocycles. The Morgan fingerprint density at radius 3 is 2.67 bits per heavy atom. The first-order chi connectivity index (χ1) is 8.72. The lowest BCUT2D eigenvalue weighted by atomic mass is 10.0. The Balaban J connectivity index is 2.61. The summed E-state index contributed by atoms with van der Waals surface area (Å²) >= 11 is 12.1. The van der Waals surface area contributed by atoms with E-state index in [0.717, 1.165) is 24.3 Å². The van der Waals surface area contributed by atoms with Gasteiger partial charge in [-0.1, -0.05) is 56.8 Å². The second-order valence-electron chi connectivity index (χ2n) is 4.59. The summed E-state index contributed by atoms with van der Waals surface area (Å²) < 4.78 is 5.89. The molecule has 18 heavy (non-hydrogen) atoms. The Kier molecular flexibility index (Phi) is 7.53. The van der Waals surface area contributed by atoms with Crippen LogP contribution in [0.25, 0.3) is 0 Å². The molecule has 0 heterocycles. The van der Waals surface area contributed by atoms with E-state index in [1.54, 1.807) is 0 Å². The minimum absolute atomic E-state index is 0.432. The summed E-state index contributed by atoms with van der Waals surface area (Å²) in [5.74, 6) is 1.79. The van der Waals surface area contributed by atoms with Gasteiger partial charge in [-0.05, 0) is 18.4 Å². The van der Waals surface area contributed by atoms with Crippen LogP contribution in [0.3, 0.4) is 0 Å². The van der Waals surface area contributed by atoms with Gasteiger partial charge >= 0.3 is 0 Å². The molecule has 0 N–H and O–H groups in total. The zero-order valence-electron chi connectivity index (χ0n) is 11.2. The zero-order valence-corrected chi connectivity index (χ0v) is 12.7. The maximum Gasteiger partial charge on any atom is 0.142 e. The van der Waals surface area contributed by atoms with Gasteiger partial charge in [0.05, 0.1) is 17.5 Å². The number of alkyl halides is 1. The molecule has 0 aliphatic rings. The van der Waals surface area contributed by atoms with E-state index in [9.17, 15) is 0 Å². The summed E-state index contributed by atoms with van der Waals surface area (Å²) in [6.45, 7) is 5.15. The number of hydrogen-bond acceptors (Lipinski definition) is 1. The average Bonchev–Trinajstić information content (AvgIpc) is 2.40. The smallest absolute Gasteiger partial charge is 0.142 e. The molecule has 102 valence electrons. The van der Waals surface area contributed by atoms with E-state index in [1.807, 2.05) is 18.2 Å². The molecular weight excluding hydrogens is 267 g/mol. The van der Waals surface area contributed by atoms with Crippen molar-refractivity contribution in [2.24, 2.45) is 5.92 Å². The fourth-order valence-electron chi connectivity index (χ4n) is 1.92. The Morgan fingerprint density at radius 1 is 1.28 bits per heavy atom. The van der Waals surface area contributed by atoms with Crippen molar-refractivity contribution in [2.75, 3.05) is 6.61 Å². The molecule has 1 nitrogen and oxygen atoms in total. The van der Waals surface area contributed by atoms with Gasteiger partial charge in [0.2, 0.25) is 0 Å².